The van der Waals surface area contributed by atoms with Gasteiger partial charge in [0.05, 0.1) is 0 Å². The molecule has 1 nitrogen and oxygen atoms in total. The zero-order chi connectivity index (χ0) is 11.7. The predicted molar refractivity (Wildman–Crippen MR) is 71.6 cm³/mol. The Morgan fingerprint density at radius 3 is 2.41 bits per heavy atom. The van der Waals surface area contributed by atoms with Gasteiger partial charge >= 0.3 is 0 Å². The van der Waals surface area contributed by atoms with Crippen molar-refractivity contribution in [1.29, 1.82) is 0 Å². The zero-order valence-corrected chi connectivity index (χ0v) is 10.2. The van der Waals surface area contributed by atoms with Gasteiger partial charge in [-0.15, -0.1) is 11.8 Å². The molecule has 0 spiro atoms. The van der Waals surface area contributed by atoms with Crippen LogP contribution in [0.4, 0.5) is 0 Å². The lowest BCUT2D eigenvalue weighted by Crippen LogP contribution is -1.84. The standard InChI is InChI=1S/C15H14OS/c16-13-8-4-5-9-14(13)17-15-10-12(15)11-6-2-1-3-7-11/h1-9,12,15-16H,10H2. The Balaban J connectivity index is 1.69. The van der Waals surface area contributed by atoms with E-state index in [2.05, 4.69) is 30.3 Å². The molecule has 1 saturated carbocycles. The Morgan fingerprint density at radius 1 is 0.941 bits per heavy atom. The molecule has 2 unspecified atom stereocenters. The molecule has 0 amide bonds. The first-order valence-corrected chi connectivity index (χ1v) is 6.72. The molecule has 17 heavy (non-hydrogen) atoms. The highest BCUT2D eigenvalue weighted by Crippen LogP contribution is 2.52. The maximum absolute atomic E-state index is 9.72. The van der Waals surface area contributed by atoms with Crippen LogP contribution in [0.5, 0.6) is 5.75 Å². The summed E-state index contributed by atoms with van der Waals surface area (Å²) in [6.45, 7) is 0. The van der Waals surface area contributed by atoms with Crippen LogP contribution in [-0.4, -0.2) is 10.4 Å². The van der Waals surface area contributed by atoms with Gasteiger partial charge in [-0.05, 0) is 30.0 Å². The largest absolute Gasteiger partial charge is 0.507 e. The summed E-state index contributed by atoms with van der Waals surface area (Å²) in [7, 11) is 0. The quantitative estimate of drug-likeness (QED) is 0.876. The average Bonchev–Trinajstić information content (AvgIpc) is 3.13. The highest BCUT2D eigenvalue weighted by Gasteiger charge is 2.39. The molecule has 0 saturated heterocycles. The first kappa shape index (κ1) is 10.7. The molecular weight excluding hydrogens is 228 g/mol. The molecule has 0 aliphatic heterocycles. The van der Waals surface area contributed by atoms with Crippen LogP contribution in [0.15, 0.2) is 59.5 Å². The molecule has 3 rings (SSSR count). The second-order valence-electron chi connectivity index (χ2n) is 4.38. The third-order valence-electron chi connectivity index (χ3n) is 3.10. The number of phenols is 1. The van der Waals surface area contributed by atoms with E-state index in [1.807, 2.05) is 18.2 Å². The lowest BCUT2D eigenvalue weighted by molar-refractivity contribution is 0.462. The van der Waals surface area contributed by atoms with Crippen LogP contribution < -0.4 is 0 Å². The van der Waals surface area contributed by atoms with E-state index in [4.69, 9.17) is 0 Å². The second kappa shape index (κ2) is 4.46. The first-order chi connectivity index (χ1) is 8.34. The maximum Gasteiger partial charge on any atom is 0.129 e. The van der Waals surface area contributed by atoms with Gasteiger partial charge in [-0.2, -0.15) is 0 Å². The summed E-state index contributed by atoms with van der Waals surface area (Å²) in [5.74, 6) is 1.05. The van der Waals surface area contributed by atoms with Gasteiger partial charge in [0.25, 0.3) is 0 Å². The fourth-order valence-corrected chi connectivity index (χ4v) is 3.37. The van der Waals surface area contributed by atoms with Crippen molar-refractivity contribution in [3.05, 3.63) is 60.2 Å². The molecule has 1 aliphatic rings. The lowest BCUT2D eigenvalue weighted by Gasteiger charge is -2.03. The Morgan fingerprint density at radius 2 is 1.65 bits per heavy atom. The van der Waals surface area contributed by atoms with Gasteiger partial charge in [-0.3, -0.25) is 0 Å². The van der Waals surface area contributed by atoms with Gasteiger partial charge < -0.3 is 5.11 Å². The molecule has 0 radical (unpaired) electrons. The van der Waals surface area contributed by atoms with Gasteiger partial charge in [0, 0.05) is 10.1 Å². The van der Waals surface area contributed by atoms with Gasteiger partial charge in [0.1, 0.15) is 5.75 Å². The van der Waals surface area contributed by atoms with Gasteiger partial charge in [-0.1, -0.05) is 42.5 Å². The topological polar surface area (TPSA) is 20.2 Å². The summed E-state index contributed by atoms with van der Waals surface area (Å²) in [5.41, 5.74) is 1.42. The van der Waals surface area contributed by atoms with Crippen molar-refractivity contribution >= 4 is 11.8 Å². The van der Waals surface area contributed by atoms with Crippen molar-refractivity contribution in [3.63, 3.8) is 0 Å². The summed E-state index contributed by atoms with van der Waals surface area (Å²) in [6, 6.07) is 18.2. The summed E-state index contributed by atoms with van der Waals surface area (Å²) >= 11 is 1.79. The van der Waals surface area contributed by atoms with Gasteiger partial charge in [-0.25, -0.2) is 0 Å². The van der Waals surface area contributed by atoms with Gasteiger partial charge in [0.2, 0.25) is 0 Å². The summed E-state index contributed by atoms with van der Waals surface area (Å²) in [6.07, 6.45) is 1.21. The molecule has 2 aromatic carbocycles. The monoisotopic (exact) mass is 242 g/mol. The van der Waals surface area contributed by atoms with E-state index in [1.54, 1.807) is 17.8 Å². The SMILES string of the molecule is Oc1ccccc1SC1CC1c1ccccc1. The van der Waals surface area contributed by atoms with Crippen molar-refractivity contribution < 1.29 is 5.11 Å². The number of benzene rings is 2. The smallest absolute Gasteiger partial charge is 0.129 e. The third-order valence-corrected chi connectivity index (χ3v) is 4.53. The Labute approximate surface area is 105 Å². The van der Waals surface area contributed by atoms with Crippen LogP contribution in [0, 0.1) is 0 Å². The summed E-state index contributed by atoms with van der Waals surface area (Å²) in [4.78, 5) is 0.996. The van der Waals surface area contributed by atoms with Crippen molar-refractivity contribution in [2.24, 2.45) is 0 Å². The van der Waals surface area contributed by atoms with Crippen molar-refractivity contribution in [2.75, 3.05) is 0 Å². The minimum absolute atomic E-state index is 0.399. The fourth-order valence-electron chi connectivity index (χ4n) is 2.07. The average molecular weight is 242 g/mol. The van der Waals surface area contributed by atoms with Crippen LogP contribution in [0.25, 0.3) is 0 Å². The highest BCUT2D eigenvalue weighted by molar-refractivity contribution is 8.00. The van der Waals surface area contributed by atoms with E-state index in [0.29, 0.717) is 16.9 Å². The predicted octanol–water partition coefficient (Wildman–Crippen LogP) is 4.04. The van der Waals surface area contributed by atoms with E-state index < -0.39 is 0 Å². The van der Waals surface area contributed by atoms with E-state index in [0.717, 1.165) is 4.90 Å². The van der Waals surface area contributed by atoms with Crippen LogP contribution >= 0.6 is 11.8 Å². The normalized spacial score (nSPS) is 22.4. The van der Waals surface area contributed by atoms with Crippen molar-refractivity contribution in [1.82, 2.24) is 0 Å². The van der Waals surface area contributed by atoms with E-state index in [-0.39, 0.29) is 0 Å². The molecule has 86 valence electrons. The van der Waals surface area contributed by atoms with Crippen LogP contribution in [0.2, 0.25) is 0 Å². The molecule has 2 atom stereocenters. The number of aromatic hydroxyl groups is 1. The fraction of sp³-hybridized carbons (Fsp3) is 0.200. The number of hydrogen-bond donors (Lipinski definition) is 1. The van der Waals surface area contributed by atoms with E-state index in [9.17, 15) is 5.11 Å². The number of rotatable bonds is 3. The maximum atomic E-state index is 9.72. The number of para-hydroxylation sites is 1. The van der Waals surface area contributed by atoms with Crippen molar-refractivity contribution in [3.8, 4) is 5.75 Å². The number of hydrogen-bond acceptors (Lipinski definition) is 2. The minimum Gasteiger partial charge on any atom is -0.507 e. The molecule has 0 heterocycles. The Hall–Kier alpha value is -1.41. The van der Waals surface area contributed by atoms with E-state index in [1.165, 1.54) is 12.0 Å². The molecule has 0 bridgehead atoms. The molecule has 1 aliphatic carbocycles. The van der Waals surface area contributed by atoms with Crippen LogP contribution in [-0.2, 0) is 0 Å². The molecule has 2 aromatic rings. The molecular formula is C15H14OS. The summed E-state index contributed by atoms with van der Waals surface area (Å²) in [5, 5.41) is 10.3. The van der Waals surface area contributed by atoms with E-state index >= 15 is 0 Å². The molecule has 1 N–H and O–H groups in total. The summed E-state index contributed by atoms with van der Waals surface area (Å²) < 4.78 is 0. The molecule has 0 aromatic heterocycles. The molecule has 1 fully saturated rings. The third kappa shape index (κ3) is 2.32. The number of phenolic OH excluding ortho intramolecular Hbond substituents is 1. The highest BCUT2D eigenvalue weighted by atomic mass is 32.2. The number of thioether (sulfide) groups is 1. The Bertz CT molecular complexity index is 509. The Kier molecular flexibility index (Phi) is 2.81. The van der Waals surface area contributed by atoms with Crippen molar-refractivity contribution in [2.45, 2.75) is 22.5 Å². The van der Waals surface area contributed by atoms with Gasteiger partial charge in [0.15, 0.2) is 0 Å². The first-order valence-electron chi connectivity index (χ1n) is 5.84. The lowest BCUT2D eigenvalue weighted by atomic mass is 10.1. The van der Waals surface area contributed by atoms with Crippen LogP contribution in [0.3, 0.4) is 0 Å². The van der Waals surface area contributed by atoms with Crippen LogP contribution in [0.1, 0.15) is 17.9 Å². The zero-order valence-electron chi connectivity index (χ0n) is 9.41. The minimum atomic E-state index is 0.399. The second-order valence-corrected chi connectivity index (χ2v) is 5.66. The molecule has 2 heteroatoms.